The Balaban J connectivity index is 1.98. The summed E-state index contributed by atoms with van der Waals surface area (Å²) in [7, 11) is 0. The number of aromatic carboxylic acids is 1. The number of hydrogen-bond donors (Lipinski definition) is 1. The van der Waals surface area contributed by atoms with Crippen molar-refractivity contribution in [1.29, 1.82) is 0 Å². The zero-order valence-electron chi connectivity index (χ0n) is 12.5. The number of nitrogens with zero attached hydrogens (tertiary/aromatic N) is 2. The van der Waals surface area contributed by atoms with Gasteiger partial charge in [0, 0.05) is 31.7 Å². The van der Waals surface area contributed by atoms with Crippen molar-refractivity contribution in [3.8, 4) is 0 Å². The zero-order valence-corrected chi connectivity index (χ0v) is 12.5. The largest absolute Gasteiger partial charge is 0.478 e. The fourth-order valence-corrected chi connectivity index (χ4v) is 3.23. The van der Waals surface area contributed by atoms with Crippen LogP contribution in [0.5, 0.6) is 0 Å². The second-order valence-corrected chi connectivity index (χ2v) is 5.72. The van der Waals surface area contributed by atoms with Crippen molar-refractivity contribution in [1.82, 2.24) is 9.80 Å². The molecule has 1 aromatic rings. The number of carboxylic acid groups (broad SMARTS) is 1. The molecular weight excluding hydrogens is 252 g/mol. The molecule has 20 heavy (non-hydrogen) atoms. The lowest BCUT2D eigenvalue weighted by Gasteiger charge is -2.44. The molecule has 1 fully saturated rings. The third-order valence-corrected chi connectivity index (χ3v) is 4.15. The van der Waals surface area contributed by atoms with Gasteiger partial charge in [0.2, 0.25) is 0 Å². The van der Waals surface area contributed by atoms with Crippen molar-refractivity contribution in [2.75, 3.05) is 19.6 Å². The van der Waals surface area contributed by atoms with Gasteiger partial charge in [0.1, 0.15) is 0 Å². The summed E-state index contributed by atoms with van der Waals surface area (Å²) in [5.41, 5.74) is 1.53. The van der Waals surface area contributed by atoms with Gasteiger partial charge in [-0.15, -0.1) is 0 Å². The molecule has 0 unspecified atom stereocenters. The molecular formula is C16H24N2O2. The molecule has 4 heteroatoms. The lowest BCUT2D eigenvalue weighted by molar-refractivity contribution is 0.0392. The van der Waals surface area contributed by atoms with Crippen LogP contribution in [0.2, 0.25) is 0 Å². The summed E-state index contributed by atoms with van der Waals surface area (Å²) >= 11 is 0. The van der Waals surface area contributed by atoms with Crippen LogP contribution >= 0.6 is 0 Å². The number of hydrogen-bond acceptors (Lipinski definition) is 3. The molecule has 0 radical (unpaired) electrons. The topological polar surface area (TPSA) is 43.8 Å². The highest BCUT2D eigenvalue weighted by Crippen LogP contribution is 2.17. The molecule has 1 heterocycles. The Morgan fingerprint density at radius 2 is 1.75 bits per heavy atom. The zero-order chi connectivity index (χ0) is 14.7. The van der Waals surface area contributed by atoms with Crippen molar-refractivity contribution in [2.45, 2.75) is 39.4 Å². The van der Waals surface area contributed by atoms with Crippen LogP contribution in [0.3, 0.4) is 0 Å². The van der Waals surface area contributed by atoms with Crippen molar-refractivity contribution in [3.05, 3.63) is 35.4 Å². The van der Waals surface area contributed by atoms with E-state index in [9.17, 15) is 4.79 Å². The van der Waals surface area contributed by atoms with E-state index >= 15 is 0 Å². The van der Waals surface area contributed by atoms with Gasteiger partial charge >= 0.3 is 5.97 Å². The Bertz CT molecular complexity index is 446. The molecule has 1 aliphatic rings. The molecule has 0 aromatic heterocycles. The highest BCUT2D eigenvalue weighted by molar-refractivity contribution is 5.87. The summed E-state index contributed by atoms with van der Waals surface area (Å²) in [6, 6.07) is 8.36. The monoisotopic (exact) mass is 276 g/mol. The van der Waals surface area contributed by atoms with Crippen LogP contribution in [-0.4, -0.2) is 52.6 Å². The Morgan fingerprint density at radius 3 is 2.20 bits per heavy atom. The SMILES string of the molecule is CCN1[C@H](C)CN(Cc2ccc(C(=O)O)cc2)C[C@@H]1C. The average Bonchev–Trinajstić information content (AvgIpc) is 2.39. The summed E-state index contributed by atoms with van der Waals surface area (Å²) in [4.78, 5) is 15.8. The van der Waals surface area contributed by atoms with Gasteiger partial charge in [0.05, 0.1) is 5.56 Å². The summed E-state index contributed by atoms with van der Waals surface area (Å²) in [6.45, 7) is 10.9. The fourth-order valence-electron chi connectivity index (χ4n) is 3.23. The minimum Gasteiger partial charge on any atom is -0.478 e. The molecule has 2 rings (SSSR count). The van der Waals surface area contributed by atoms with Crippen LogP contribution in [0.4, 0.5) is 0 Å². The van der Waals surface area contributed by atoms with Gasteiger partial charge in [-0.25, -0.2) is 4.79 Å². The number of carbonyl (C=O) groups is 1. The quantitative estimate of drug-likeness (QED) is 0.916. The van der Waals surface area contributed by atoms with Gasteiger partial charge in [-0.2, -0.15) is 0 Å². The number of benzene rings is 1. The van der Waals surface area contributed by atoms with Crippen molar-refractivity contribution < 1.29 is 9.90 Å². The highest BCUT2D eigenvalue weighted by Gasteiger charge is 2.27. The van der Waals surface area contributed by atoms with Crippen LogP contribution < -0.4 is 0 Å². The van der Waals surface area contributed by atoms with Crippen LogP contribution in [0, 0.1) is 0 Å². The third kappa shape index (κ3) is 3.38. The normalized spacial score (nSPS) is 24.8. The minimum absolute atomic E-state index is 0.353. The maximum atomic E-state index is 10.8. The van der Waals surface area contributed by atoms with E-state index in [-0.39, 0.29) is 0 Å². The maximum absolute atomic E-state index is 10.8. The van der Waals surface area contributed by atoms with E-state index in [2.05, 4.69) is 30.6 Å². The fraction of sp³-hybridized carbons (Fsp3) is 0.562. The third-order valence-electron chi connectivity index (χ3n) is 4.15. The predicted molar refractivity (Wildman–Crippen MR) is 80.0 cm³/mol. The first kappa shape index (κ1) is 15.0. The second-order valence-electron chi connectivity index (χ2n) is 5.72. The first-order valence-corrected chi connectivity index (χ1v) is 7.31. The molecule has 0 saturated carbocycles. The van der Waals surface area contributed by atoms with Gasteiger partial charge in [0.15, 0.2) is 0 Å². The standard InChI is InChI=1S/C16H24N2O2/c1-4-18-12(2)9-17(10-13(18)3)11-14-5-7-15(8-6-14)16(19)20/h5-8,12-13H,4,9-11H2,1-3H3,(H,19,20)/t12-,13+. The van der Waals surface area contributed by atoms with Gasteiger partial charge in [-0.3, -0.25) is 9.80 Å². The molecule has 1 saturated heterocycles. The Morgan fingerprint density at radius 1 is 1.20 bits per heavy atom. The predicted octanol–water partition coefficient (Wildman–Crippen LogP) is 2.30. The average molecular weight is 276 g/mol. The summed E-state index contributed by atoms with van der Waals surface area (Å²) in [6.07, 6.45) is 0. The Labute approximate surface area is 121 Å². The highest BCUT2D eigenvalue weighted by atomic mass is 16.4. The molecule has 0 spiro atoms. The smallest absolute Gasteiger partial charge is 0.335 e. The molecule has 0 amide bonds. The molecule has 2 atom stereocenters. The van der Waals surface area contributed by atoms with Crippen LogP contribution in [0.15, 0.2) is 24.3 Å². The number of piperazine rings is 1. The number of rotatable bonds is 4. The van der Waals surface area contributed by atoms with E-state index in [1.807, 2.05) is 12.1 Å². The number of carboxylic acids is 1. The number of likely N-dealkylation sites (N-methyl/N-ethyl adjacent to an activating group) is 1. The first-order chi connectivity index (χ1) is 9.51. The Hall–Kier alpha value is -1.39. The van der Waals surface area contributed by atoms with E-state index in [1.165, 1.54) is 5.56 Å². The minimum atomic E-state index is -0.865. The van der Waals surface area contributed by atoms with Gasteiger partial charge in [-0.05, 0) is 38.1 Å². The lowest BCUT2D eigenvalue weighted by Crippen LogP contribution is -2.56. The molecule has 1 aliphatic heterocycles. The summed E-state index contributed by atoms with van der Waals surface area (Å²) in [5.74, 6) is -0.865. The maximum Gasteiger partial charge on any atom is 0.335 e. The van der Waals surface area contributed by atoms with Gasteiger partial charge in [0.25, 0.3) is 0 Å². The van der Waals surface area contributed by atoms with Crippen LogP contribution in [-0.2, 0) is 6.54 Å². The van der Waals surface area contributed by atoms with Crippen molar-refractivity contribution in [3.63, 3.8) is 0 Å². The first-order valence-electron chi connectivity index (χ1n) is 7.31. The van der Waals surface area contributed by atoms with Crippen LogP contribution in [0.25, 0.3) is 0 Å². The van der Waals surface area contributed by atoms with Gasteiger partial charge < -0.3 is 5.11 Å². The van der Waals surface area contributed by atoms with Gasteiger partial charge in [-0.1, -0.05) is 19.1 Å². The van der Waals surface area contributed by atoms with E-state index < -0.39 is 5.97 Å². The molecule has 0 bridgehead atoms. The van der Waals surface area contributed by atoms with Crippen molar-refractivity contribution >= 4 is 5.97 Å². The van der Waals surface area contributed by atoms with E-state index in [0.717, 1.165) is 26.2 Å². The molecule has 110 valence electrons. The lowest BCUT2D eigenvalue weighted by atomic mass is 10.1. The molecule has 4 nitrogen and oxygen atoms in total. The molecule has 0 aliphatic carbocycles. The summed E-state index contributed by atoms with van der Waals surface area (Å²) < 4.78 is 0. The van der Waals surface area contributed by atoms with E-state index in [4.69, 9.17) is 5.11 Å². The summed E-state index contributed by atoms with van der Waals surface area (Å²) in [5, 5.41) is 8.91. The Kier molecular flexibility index (Phi) is 4.78. The molecule has 1 N–H and O–H groups in total. The molecule has 1 aromatic carbocycles. The second kappa shape index (κ2) is 6.37. The van der Waals surface area contributed by atoms with Crippen molar-refractivity contribution in [2.24, 2.45) is 0 Å². The van der Waals surface area contributed by atoms with Crippen LogP contribution in [0.1, 0.15) is 36.7 Å². The van der Waals surface area contributed by atoms with E-state index in [1.54, 1.807) is 12.1 Å². The van der Waals surface area contributed by atoms with E-state index in [0.29, 0.717) is 17.6 Å².